The van der Waals surface area contributed by atoms with Crippen molar-refractivity contribution < 1.29 is 48.0 Å². The maximum Gasteiger partial charge on any atom is -1.00 e. The van der Waals surface area contributed by atoms with Crippen LogP contribution in [-0.4, -0.2) is 0 Å². The van der Waals surface area contributed by atoms with Crippen LogP contribution in [0.15, 0.2) is 46.6 Å². The summed E-state index contributed by atoms with van der Waals surface area (Å²) in [5.41, 5.74) is 6.67. The van der Waals surface area contributed by atoms with E-state index < -0.39 is 23.2 Å². The van der Waals surface area contributed by atoms with Gasteiger partial charge in [0.05, 0.1) is 0 Å². The summed E-state index contributed by atoms with van der Waals surface area (Å²) in [4.78, 5) is 0. The maximum atomic E-state index is 2.69. The summed E-state index contributed by atoms with van der Waals surface area (Å²) in [7, 11) is 0. The van der Waals surface area contributed by atoms with Gasteiger partial charge >= 0.3 is 156 Å². The van der Waals surface area contributed by atoms with Gasteiger partial charge in [0.2, 0.25) is 0 Å². The monoisotopic (exact) mass is 458 g/mol. The van der Waals surface area contributed by atoms with Gasteiger partial charge in [-0.15, -0.1) is 0 Å². The fourth-order valence-corrected chi connectivity index (χ4v) is 10.4. The average molecular weight is 461 g/mol. The molecule has 0 heterocycles. The Bertz CT molecular complexity index is 521. The number of allylic oxidation sites excluding steroid dienone is 8. The van der Waals surface area contributed by atoms with Gasteiger partial charge in [0.15, 0.2) is 0 Å². The van der Waals surface area contributed by atoms with E-state index in [9.17, 15) is 0 Å². The Morgan fingerprint density at radius 2 is 1.00 bits per heavy atom. The van der Waals surface area contributed by atoms with Gasteiger partial charge in [-0.05, 0) is 0 Å². The molecule has 25 heavy (non-hydrogen) atoms. The summed E-state index contributed by atoms with van der Waals surface area (Å²) >= 11 is -0.697. The molecule has 0 N–H and O–H groups in total. The Morgan fingerprint density at radius 3 is 1.24 bits per heavy atom. The molecule has 0 aromatic rings. The molecule has 0 aliphatic heterocycles. The summed E-state index contributed by atoms with van der Waals surface area (Å²) in [5.74, 6) is 0. The van der Waals surface area contributed by atoms with E-state index in [1.807, 2.05) is 0 Å². The van der Waals surface area contributed by atoms with Crippen LogP contribution in [0.25, 0.3) is 0 Å². The molecular weight excluding hydrogens is 426 g/mol. The molecule has 3 heteroatoms. The first-order chi connectivity index (χ1) is 11.0. The third-order valence-corrected chi connectivity index (χ3v) is 12.1. The van der Waals surface area contributed by atoms with E-state index in [0.29, 0.717) is 6.25 Å². The first kappa shape index (κ1) is 25.4. The standard InChI is InChI=1S/2C11H17.2ClH.Zr/c2*1-4-9-7-10(5-2)11(6-3)8-9;;;/h2*7-8H,4-6H2,1-3H3;2*1H;/q;;;;+2/p-2. The first-order valence-corrected chi connectivity index (χ1v) is 12.1. The van der Waals surface area contributed by atoms with Crippen LogP contribution >= 0.6 is 0 Å². The first-order valence-electron chi connectivity index (χ1n) is 9.67. The van der Waals surface area contributed by atoms with Crippen LogP contribution in [-0.2, 0) is 23.2 Å². The van der Waals surface area contributed by atoms with Gasteiger partial charge in [-0.25, -0.2) is 0 Å². The van der Waals surface area contributed by atoms with Gasteiger partial charge in [-0.1, -0.05) is 0 Å². The maximum absolute atomic E-state index is 2.69. The van der Waals surface area contributed by atoms with Crippen molar-refractivity contribution in [3.8, 4) is 0 Å². The van der Waals surface area contributed by atoms with Crippen LogP contribution in [0.4, 0.5) is 0 Å². The summed E-state index contributed by atoms with van der Waals surface area (Å²) in [5, 5.41) is 0. The average Bonchev–Trinajstić information content (AvgIpc) is 3.13. The second-order valence-corrected chi connectivity index (χ2v) is 12.0. The van der Waals surface area contributed by atoms with E-state index in [0.717, 1.165) is 0 Å². The molecule has 0 aromatic carbocycles. The van der Waals surface area contributed by atoms with Crippen molar-refractivity contribution in [2.24, 2.45) is 0 Å². The Labute approximate surface area is 180 Å². The van der Waals surface area contributed by atoms with Gasteiger partial charge in [-0.3, -0.25) is 0 Å². The minimum atomic E-state index is -0.697. The molecule has 2 rings (SSSR count). The summed E-state index contributed by atoms with van der Waals surface area (Å²) in [6.45, 7) is 14.2. The molecule has 0 saturated heterocycles. The van der Waals surface area contributed by atoms with E-state index in [-0.39, 0.29) is 24.8 Å². The Morgan fingerprint density at radius 1 is 0.640 bits per heavy atom. The molecule has 0 nitrogen and oxygen atoms in total. The molecule has 0 bridgehead atoms. The van der Waals surface area contributed by atoms with Crippen molar-refractivity contribution >= 4 is 0 Å². The zero-order valence-corrected chi connectivity index (χ0v) is 20.8. The Kier molecular flexibility index (Phi) is 10.9. The van der Waals surface area contributed by atoms with Crippen molar-refractivity contribution in [1.82, 2.24) is 0 Å². The minimum Gasteiger partial charge on any atom is -1.00 e. The van der Waals surface area contributed by atoms with Crippen molar-refractivity contribution in [2.75, 3.05) is 0 Å². The molecule has 2 unspecified atom stereocenters. The largest absolute Gasteiger partial charge is 1.00 e. The molecular formula is C22H34Cl2Zr. The van der Waals surface area contributed by atoms with Crippen LogP contribution in [0.5, 0.6) is 0 Å². The predicted molar refractivity (Wildman–Crippen MR) is 99.5 cm³/mol. The third kappa shape index (κ3) is 4.83. The normalized spacial score (nSPS) is 27.4. The second kappa shape index (κ2) is 10.7. The molecule has 140 valence electrons. The molecule has 2 aliphatic carbocycles. The molecule has 0 fully saturated rings. The fourth-order valence-electron chi connectivity index (χ4n) is 4.32. The molecule has 0 radical (unpaired) electrons. The number of halogens is 2. The van der Waals surface area contributed by atoms with Crippen molar-refractivity contribution in [1.29, 1.82) is 0 Å². The number of rotatable bonds is 8. The van der Waals surface area contributed by atoms with E-state index in [2.05, 4.69) is 65.8 Å². The van der Waals surface area contributed by atoms with Crippen LogP contribution in [0, 0.1) is 0 Å². The summed E-state index contributed by atoms with van der Waals surface area (Å²) < 4.78 is 0.904. The predicted octanol–water partition coefficient (Wildman–Crippen LogP) is 1.59. The molecule has 0 spiro atoms. The van der Waals surface area contributed by atoms with Gasteiger partial charge in [0.25, 0.3) is 0 Å². The van der Waals surface area contributed by atoms with Crippen LogP contribution in [0.2, 0.25) is 6.25 Å². The van der Waals surface area contributed by atoms with E-state index in [1.165, 1.54) is 38.5 Å². The molecule has 0 saturated carbocycles. The van der Waals surface area contributed by atoms with Crippen molar-refractivity contribution in [2.45, 2.75) is 86.3 Å². The minimum absolute atomic E-state index is 0. The van der Waals surface area contributed by atoms with E-state index in [4.69, 9.17) is 0 Å². The Balaban J connectivity index is 0.00000288. The second-order valence-electron chi connectivity index (χ2n) is 6.97. The smallest absolute Gasteiger partial charge is 1.00 e. The molecule has 0 aromatic heterocycles. The SMILES string of the molecule is CCC1=C[C](CC)([Zr+2][C]2(CC)C=C(CC)C=C2CC)C(CC)=C1.[Cl-].[Cl-]. The molecule has 0 amide bonds. The van der Waals surface area contributed by atoms with Gasteiger partial charge in [0.1, 0.15) is 0 Å². The van der Waals surface area contributed by atoms with Gasteiger partial charge in [0, 0.05) is 0 Å². The number of hydrogen-bond donors (Lipinski definition) is 0. The quantitative estimate of drug-likeness (QED) is 0.516. The topological polar surface area (TPSA) is 0 Å². The number of hydrogen-bond acceptors (Lipinski definition) is 0. The van der Waals surface area contributed by atoms with E-state index >= 15 is 0 Å². The van der Waals surface area contributed by atoms with Crippen molar-refractivity contribution in [3.63, 3.8) is 0 Å². The molecule has 2 aliphatic rings. The Hall–Kier alpha value is 0.423. The van der Waals surface area contributed by atoms with Crippen LogP contribution in [0.1, 0.15) is 80.1 Å². The molecule has 2 atom stereocenters. The van der Waals surface area contributed by atoms with Crippen molar-refractivity contribution in [3.05, 3.63) is 46.6 Å². The fraction of sp³-hybridized carbons (Fsp3) is 0.636. The van der Waals surface area contributed by atoms with Crippen LogP contribution < -0.4 is 24.8 Å². The van der Waals surface area contributed by atoms with E-state index in [1.54, 1.807) is 22.3 Å². The zero-order chi connectivity index (χ0) is 17.1. The summed E-state index contributed by atoms with van der Waals surface area (Å²) in [6, 6.07) is 0. The third-order valence-electron chi connectivity index (χ3n) is 5.87. The van der Waals surface area contributed by atoms with Gasteiger partial charge < -0.3 is 24.8 Å². The van der Waals surface area contributed by atoms with Gasteiger partial charge in [-0.2, -0.15) is 0 Å². The van der Waals surface area contributed by atoms with Crippen LogP contribution in [0.3, 0.4) is 0 Å². The zero-order valence-electron chi connectivity index (χ0n) is 16.8. The summed E-state index contributed by atoms with van der Waals surface area (Å²) in [6.07, 6.45) is 17.9.